The van der Waals surface area contributed by atoms with Crippen molar-refractivity contribution in [2.24, 2.45) is 0 Å². The molecular weight excluding hydrogens is 268 g/mol. The minimum absolute atomic E-state index is 0.0817. The molecule has 0 saturated carbocycles. The van der Waals surface area contributed by atoms with Crippen molar-refractivity contribution in [1.82, 2.24) is 4.90 Å². The third-order valence-electron chi connectivity index (χ3n) is 2.19. The summed E-state index contributed by atoms with van der Waals surface area (Å²) in [4.78, 5) is 13.7. The van der Waals surface area contributed by atoms with Gasteiger partial charge in [-0.2, -0.15) is 0 Å². The van der Waals surface area contributed by atoms with Crippen LogP contribution in [0.25, 0.3) is 0 Å². The van der Waals surface area contributed by atoms with Crippen LogP contribution in [0.1, 0.15) is 17.3 Å². The third-order valence-corrected chi connectivity index (χ3v) is 3.10. The minimum Gasteiger partial charge on any atom is -0.338 e. The van der Waals surface area contributed by atoms with Gasteiger partial charge in [-0.25, -0.2) is 0 Å². The molecule has 0 unspecified atom stereocenters. The molecule has 0 N–H and O–H groups in total. The first-order valence-corrected chi connectivity index (χ1v) is 6.19. The van der Waals surface area contributed by atoms with E-state index >= 15 is 0 Å². The number of alkyl halides is 1. The molecule has 1 amide bonds. The van der Waals surface area contributed by atoms with Gasteiger partial charge in [0.2, 0.25) is 0 Å². The normalized spacial score (nSPS) is 10.2. The Kier molecular flexibility index (Phi) is 5.39. The van der Waals surface area contributed by atoms with Crippen molar-refractivity contribution in [2.75, 3.05) is 19.0 Å². The van der Waals surface area contributed by atoms with E-state index in [9.17, 15) is 4.79 Å². The lowest BCUT2D eigenvalue weighted by molar-refractivity contribution is 0.0774. The molecule has 1 rings (SSSR count). The van der Waals surface area contributed by atoms with Crippen LogP contribution in [0.3, 0.4) is 0 Å². The quantitative estimate of drug-likeness (QED) is 0.770. The number of hydrogen-bond acceptors (Lipinski definition) is 1. The number of rotatable bonds is 4. The standard InChI is InChI=1S/C11H12Cl3NO/c1-2-15(6-5-12)11(16)8-3-4-9(13)10(14)7-8/h3-4,7H,2,5-6H2,1H3. The second kappa shape index (κ2) is 6.33. The summed E-state index contributed by atoms with van der Waals surface area (Å²) in [5.41, 5.74) is 0.529. The molecule has 1 aromatic rings. The topological polar surface area (TPSA) is 20.3 Å². The van der Waals surface area contributed by atoms with Gasteiger partial charge in [0.25, 0.3) is 5.91 Å². The molecule has 16 heavy (non-hydrogen) atoms. The van der Waals surface area contributed by atoms with Crippen molar-refractivity contribution in [2.45, 2.75) is 6.92 Å². The summed E-state index contributed by atoms with van der Waals surface area (Å²) in [5.74, 6) is 0.336. The first-order chi connectivity index (χ1) is 7.60. The van der Waals surface area contributed by atoms with Crippen molar-refractivity contribution >= 4 is 40.7 Å². The van der Waals surface area contributed by atoms with Gasteiger partial charge in [-0.05, 0) is 25.1 Å². The van der Waals surface area contributed by atoms with Crippen LogP contribution in [-0.2, 0) is 0 Å². The van der Waals surface area contributed by atoms with E-state index in [0.717, 1.165) is 0 Å². The van der Waals surface area contributed by atoms with Crippen LogP contribution >= 0.6 is 34.8 Å². The summed E-state index contributed by atoms with van der Waals surface area (Å²) in [6.07, 6.45) is 0. The first-order valence-electron chi connectivity index (χ1n) is 4.90. The molecule has 0 aliphatic heterocycles. The van der Waals surface area contributed by atoms with Crippen LogP contribution in [0.2, 0.25) is 10.0 Å². The van der Waals surface area contributed by atoms with E-state index in [1.54, 1.807) is 23.1 Å². The van der Waals surface area contributed by atoms with Crippen molar-refractivity contribution in [3.63, 3.8) is 0 Å². The van der Waals surface area contributed by atoms with Crippen LogP contribution in [-0.4, -0.2) is 29.8 Å². The van der Waals surface area contributed by atoms with Gasteiger partial charge < -0.3 is 4.90 Å². The summed E-state index contributed by atoms with van der Waals surface area (Å²) < 4.78 is 0. The molecule has 0 aromatic heterocycles. The van der Waals surface area contributed by atoms with Gasteiger partial charge >= 0.3 is 0 Å². The van der Waals surface area contributed by atoms with Gasteiger partial charge in [0.15, 0.2) is 0 Å². The molecule has 5 heteroatoms. The Bertz CT molecular complexity index is 381. The average Bonchev–Trinajstić information content (AvgIpc) is 2.28. The summed E-state index contributed by atoms with van der Waals surface area (Å²) in [6.45, 7) is 3.05. The van der Waals surface area contributed by atoms with Gasteiger partial charge in [0, 0.05) is 24.5 Å². The van der Waals surface area contributed by atoms with Crippen LogP contribution in [0, 0.1) is 0 Å². The SMILES string of the molecule is CCN(CCCl)C(=O)c1ccc(Cl)c(Cl)c1. The maximum absolute atomic E-state index is 12.0. The van der Waals surface area contributed by atoms with E-state index in [2.05, 4.69) is 0 Å². The highest BCUT2D eigenvalue weighted by atomic mass is 35.5. The molecule has 0 atom stereocenters. The predicted octanol–water partition coefficient (Wildman–Crippen LogP) is 3.69. The Morgan fingerprint density at radius 3 is 2.50 bits per heavy atom. The zero-order valence-electron chi connectivity index (χ0n) is 8.84. The Hall–Kier alpha value is -0.440. The zero-order valence-corrected chi connectivity index (χ0v) is 11.1. The summed E-state index contributed by atoms with van der Waals surface area (Å²) >= 11 is 17.3. The van der Waals surface area contributed by atoms with Crippen LogP contribution < -0.4 is 0 Å². The number of amides is 1. The second-order valence-electron chi connectivity index (χ2n) is 3.20. The smallest absolute Gasteiger partial charge is 0.253 e. The Morgan fingerprint density at radius 1 is 1.31 bits per heavy atom. The van der Waals surface area contributed by atoms with Crippen LogP contribution in [0.4, 0.5) is 0 Å². The number of carbonyl (C=O) groups is 1. The van der Waals surface area contributed by atoms with Crippen molar-refractivity contribution in [3.8, 4) is 0 Å². The molecular formula is C11H12Cl3NO. The molecule has 0 fully saturated rings. The third kappa shape index (κ3) is 3.27. The highest BCUT2D eigenvalue weighted by Gasteiger charge is 2.14. The Balaban J connectivity index is 2.90. The molecule has 0 aliphatic carbocycles. The molecule has 88 valence electrons. The fraction of sp³-hybridized carbons (Fsp3) is 0.364. The van der Waals surface area contributed by atoms with E-state index in [-0.39, 0.29) is 5.91 Å². The first kappa shape index (κ1) is 13.6. The lowest BCUT2D eigenvalue weighted by atomic mass is 10.2. The number of benzene rings is 1. The maximum Gasteiger partial charge on any atom is 0.253 e. The molecule has 0 bridgehead atoms. The monoisotopic (exact) mass is 279 g/mol. The lowest BCUT2D eigenvalue weighted by Gasteiger charge is -2.19. The van der Waals surface area contributed by atoms with E-state index in [1.165, 1.54) is 0 Å². The van der Waals surface area contributed by atoms with Gasteiger partial charge in [-0.1, -0.05) is 23.2 Å². The lowest BCUT2D eigenvalue weighted by Crippen LogP contribution is -2.32. The average molecular weight is 281 g/mol. The Morgan fingerprint density at radius 2 is 2.00 bits per heavy atom. The molecule has 2 nitrogen and oxygen atoms in total. The predicted molar refractivity (Wildman–Crippen MR) is 68.8 cm³/mol. The molecule has 0 spiro atoms. The van der Waals surface area contributed by atoms with Crippen molar-refractivity contribution in [1.29, 1.82) is 0 Å². The zero-order chi connectivity index (χ0) is 12.1. The fourth-order valence-corrected chi connectivity index (χ4v) is 1.82. The summed E-state index contributed by atoms with van der Waals surface area (Å²) in [6, 6.07) is 4.85. The van der Waals surface area contributed by atoms with Crippen LogP contribution in [0.15, 0.2) is 18.2 Å². The highest BCUT2D eigenvalue weighted by Crippen LogP contribution is 2.23. The van der Waals surface area contributed by atoms with Crippen LogP contribution in [0.5, 0.6) is 0 Å². The van der Waals surface area contributed by atoms with Crippen molar-refractivity contribution < 1.29 is 4.79 Å². The highest BCUT2D eigenvalue weighted by molar-refractivity contribution is 6.42. The maximum atomic E-state index is 12.0. The van der Waals surface area contributed by atoms with Gasteiger partial charge in [-0.15, -0.1) is 11.6 Å². The van der Waals surface area contributed by atoms with E-state index in [1.807, 2.05) is 6.92 Å². The van der Waals surface area contributed by atoms with Gasteiger partial charge in [0.05, 0.1) is 10.0 Å². The van der Waals surface area contributed by atoms with E-state index < -0.39 is 0 Å². The molecule has 0 saturated heterocycles. The summed E-state index contributed by atoms with van der Waals surface area (Å²) in [7, 11) is 0. The van der Waals surface area contributed by atoms with Crippen molar-refractivity contribution in [3.05, 3.63) is 33.8 Å². The minimum atomic E-state index is -0.0817. The largest absolute Gasteiger partial charge is 0.338 e. The van der Waals surface area contributed by atoms with E-state index in [4.69, 9.17) is 34.8 Å². The second-order valence-corrected chi connectivity index (χ2v) is 4.40. The molecule has 0 heterocycles. The molecule has 0 radical (unpaired) electrons. The number of nitrogens with zero attached hydrogens (tertiary/aromatic N) is 1. The number of hydrogen-bond donors (Lipinski definition) is 0. The fourth-order valence-electron chi connectivity index (χ4n) is 1.32. The Labute approximate surface area is 110 Å². The molecule has 0 aliphatic rings. The molecule has 1 aromatic carbocycles. The number of halogens is 3. The summed E-state index contributed by atoms with van der Waals surface area (Å²) in [5, 5.41) is 0.827. The van der Waals surface area contributed by atoms with E-state index in [0.29, 0.717) is 34.6 Å². The number of carbonyl (C=O) groups excluding carboxylic acids is 1. The van der Waals surface area contributed by atoms with Gasteiger partial charge in [0.1, 0.15) is 0 Å². The van der Waals surface area contributed by atoms with Gasteiger partial charge in [-0.3, -0.25) is 4.79 Å².